The average molecular weight is 403 g/mol. The van der Waals surface area contributed by atoms with Crippen LogP contribution in [0, 0.1) is 5.92 Å². The molecule has 1 fully saturated rings. The molecular formula is C21H26N2O4S. The highest BCUT2D eigenvalue weighted by atomic mass is 32.2. The Balaban J connectivity index is 1.89. The topological polar surface area (TPSA) is 86.7 Å². The minimum absolute atomic E-state index is 0.0514. The molecule has 150 valence electrons. The third-order valence-corrected chi connectivity index (χ3v) is 6.52. The Labute approximate surface area is 166 Å². The molecule has 1 atom stereocenters. The van der Waals surface area contributed by atoms with Crippen LogP contribution >= 0.6 is 0 Å². The van der Waals surface area contributed by atoms with Gasteiger partial charge in [0.25, 0.3) is 10.0 Å². The summed E-state index contributed by atoms with van der Waals surface area (Å²) in [5.74, 6) is -0.614. The molecule has 0 saturated carbocycles. The van der Waals surface area contributed by atoms with Crippen molar-refractivity contribution in [3.8, 4) is 0 Å². The molecule has 6 nitrogen and oxygen atoms in total. The van der Waals surface area contributed by atoms with Crippen LogP contribution in [0.15, 0.2) is 47.4 Å². The quantitative estimate of drug-likeness (QED) is 0.763. The van der Waals surface area contributed by atoms with Crippen LogP contribution < -0.4 is 9.62 Å². The molecule has 1 aliphatic rings. The summed E-state index contributed by atoms with van der Waals surface area (Å²) in [7, 11) is -3.87. The highest BCUT2D eigenvalue weighted by Crippen LogP contribution is 2.28. The Morgan fingerprint density at radius 3 is 2.54 bits per heavy atom. The van der Waals surface area contributed by atoms with E-state index in [0.717, 1.165) is 43.6 Å². The van der Waals surface area contributed by atoms with Gasteiger partial charge in [-0.25, -0.2) is 13.2 Å². The summed E-state index contributed by atoms with van der Waals surface area (Å²) >= 11 is 0. The monoisotopic (exact) mass is 402 g/mol. The Bertz CT molecular complexity index is 955. The van der Waals surface area contributed by atoms with Crippen LogP contribution in [0.25, 0.3) is 0 Å². The Morgan fingerprint density at radius 2 is 1.93 bits per heavy atom. The number of piperidine rings is 1. The van der Waals surface area contributed by atoms with E-state index in [1.807, 2.05) is 6.92 Å². The Kier molecular flexibility index (Phi) is 5.93. The first-order valence-electron chi connectivity index (χ1n) is 9.54. The zero-order valence-electron chi connectivity index (χ0n) is 16.2. The van der Waals surface area contributed by atoms with Crippen molar-refractivity contribution in [1.29, 1.82) is 0 Å². The van der Waals surface area contributed by atoms with Crippen LogP contribution in [0.1, 0.15) is 42.6 Å². The molecule has 1 aliphatic heterocycles. The molecule has 0 aliphatic carbocycles. The van der Waals surface area contributed by atoms with Crippen molar-refractivity contribution < 1.29 is 18.3 Å². The van der Waals surface area contributed by atoms with E-state index in [0.29, 0.717) is 5.92 Å². The van der Waals surface area contributed by atoms with Crippen LogP contribution in [-0.2, 0) is 16.4 Å². The van der Waals surface area contributed by atoms with Gasteiger partial charge in [-0.05, 0) is 61.1 Å². The predicted molar refractivity (Wildman–Crippen MR) is 111 cm³/mol. The van der Waals surface area contributed by atoms with Gasteiger partial charge in [0.1, 0.15) is 0 Å². The molecule has 0 radical (unpaired) electrons. The van der Waals surface area contributed by atoms with Gasteiger partial charge in [0.15, 0.2) is 0 Å². The lowest BCUT2D eigenvalue weighted by molar-refractivity contribution is 0.0698. The lowest BCUT2D eigenvalue weighted by atomic mass is 9.99. The molecule has 0 unspecified atom stereocenters. The van der Waals surface area contributed by atoms with E-state index in [2.05, 4.69) is 16.5 Å². The maximum Gasteiger partial charge on any atom is 0.337 e. The minimum atomic E-state index is -3.87. The molecule has 7 heteroatoms. The number of benzene rings is 2. The largest absolute Gasteiger partial charge is 0.478 e. The van der Waals surface area contributed by atoms with Gasteiger partial charge in [0.05, 0.1) is 16.1 Å². The van der Waals surface area contributed by atoms with Crippen LogP contribution in [-0.4, -0.2) is 32.6 Å². The normalized spacial score (nSPS) is 17.4. The molecule has 0 bridgehead atoms. The number of anilines is 2. The van der Waals surface area contributed by atoms with Crippen LogP contribution in [0.5, 0.6) is 0 Å². The molecule has 1 saturated heterocycles. The van der Waals surface area contributed by atoms with E-state index in [1.165, 1.54) is 18.2 Å². The molecule has 1 heterocycles. The molecular weight excluding hydrogens is 376 g/mol. The number of hydrogen-bond donors (Lipinski definition) is 2. The summed E-state index contributed by atoms with van der Waals surface area (Å²) < 4.78 is 27.8. The second kappa shape index (κ2) is 8.22. The maximum atomic E-state index is 12.7. The number of sulfonamides is 1. The molecule has 2 N–H and O–H groups in total. The number of carboxylic acids is 1. The van der Waals surface area contributed by atoms with E-state index >= 15 is 0 Å². The number of rotatable bonds is 6. The third-order valence-electron chi connectivity index (χ3n) is 5.14. The Hall–Kier alpha value is -2.54. The van der Waals surface area contributed by atoms with Crippen LogP contribution in [0.4, 0.5) is 11.4 Å². The molecule has 28 heavy (non-hydrogen) atoms. The minimum Gasteiger partial charge on any atom is -0.478 e. The van der Waals surface area contributed by atoms with Crippen molar-refractivity contribution in [2.45, 2.75) is 38.0 Å². The molecule has 2 aromatic carbocycles. The zero-order chi connectivity index (χ0) is 20.3. The summed E-state index contributed by atoms with van der Waals surface area (Å²) in [6, 6.07) is 11.5. The first kappa shape index (κ1) is 20.2. The fourth-order valence-electron chi connectivity index (χ4n) is 3.53. The molecule has 2 aromatic rings. The first-order chi connectivity index (χ1) is 13.3. The summed E-state index contributed by atoms with van der Waals surface area (Å²) in [5, 5.41) is 9.62. The number of hydrogen-bond acceptors (Lipinski definition) is 4. The van der Waals surface area contributed by atoms with Gasteiger partial charge in [0.2, 0.25) is 0 Å². The number of aromatic carboxylic acids is 1. The van der Waals surface area contributed by atoms with Crippen molar-refractivity contribution >= 4 is 27.4 Å². The Morgan fingerprint density at radius 1 is 1.21 bits per heavy atom. The molecule has 0 amide bonds. The summed E-state index contributed by atoms with van der Waals surface area (Å²) in [6.07, 6.45) is 3.04. The number of carbonyl (C=O) groups is 1. The van der Waals surface area contributed by atoms with Gasteiger partial charge >= 0.3 is 5.97 Å². The third kappa shape index (κ3) is 4.47. The van der Waals surface area contributed by atoms with E-state index in [4.69, 9.17) is 0 Å². The van der Waals surface area contributed by atoms with Crippen molar-refractivity contribution in [3.05, 3.63) is 53.6 Å². The average Bonchev–Trinajstić information content (AvgIpc) is 2.68. The van der Waals surface area contributed by atoms with Gasteiger partial charge < -0.3 is 10.0 Å². The zero-order valence-corrected chi connectivity index (χ0v) is 17.0. The van der Waals surface area contributed by atoms with Crippen LogP contribution in [0.3, 0.4) is 0 Å². The number of nitrogens with zero attached hydrogens (tertiary/aromatic N) is 1. The van der Waals surface area contributed by atoms with Crippen LogP contribution in [0.2, 0.25) is 0 Å². The second-order valence-corrected chi connectivity index (χ2v) is 9.01. The lowest BCUT2D eigenvalue weighted by Gasteiger charge is -2.33. The van der Waals surface area contributed by atoms with Gasteiger partial charge in [0, 0.05) is 18.8 Å². The van der Waals surface area contributed by atoms with Crippen molar-refractivity contribution in [3.63, 3.8) is 0 Å². The van der Waals surface area contributed by atoms with E-state index in [-0.39, 0.29) is 16.1 Å². The fourth-order valence-corrected chi connectivity index (χ4v) is 4.61. The number of aryl methyl sites for hydroxylation is 1. The summed E-state index contributed by atoms with van der Waals surface area (Å²) in [5.41, 5.74) is 1.86. The summed E-state index contributed by atoms with van der Waals surface area (Å²) in [4.78, 5) is 14.0. The molecule has 0 spiro atoms. The predicted octanol–water partition coefficient (Wildman–Crippen LogP) is 3.98. The van der Waals surface area contributed by atoms with E-state index in [9.17, 15) is 18.3 Å². The maximum absolute atomic E-state index is 12.7. The molecule has 0 aromatic heterocycles. The highest BCUT2D eigenvalue weighted by Gasteiger charge is 2.22. The number of carboxylic acid groups (broad SMARTS) is 1. The van der Waals surface area contributed by atoms with Gasteiger partial charge in [-0.1, -0.05) is 26.0 Å². The van der Waals surface area contributed by atoms with Crippen molar-refractivity contribution in [2.24, 2.45) is 5.92 Å². The van der Waals surface area contributed by atoms with Gasteiger partial charge in [-0.15, -0.1) is 0 Å². The highest BCUT2D eigenvalue weighted by molar-refractivity contribution is 7.92. The first-order valence-corrected chi connectivity index (χ1v) is 11.0. The van der Waals surface area contributed by atoms with Gasteiger partial charge in [-0.2, -0.15) is 0 Å². The standard InChI is InChI=1S/C21H26N2O4S/c1-3-16-6-9-18(10-7-16)28(26,27)22-20-11-8-17(13-19(20)21(24)25)23-12-4-5-15(2)14-23/h6-11,13,15,22H,3-5,12,14H2,1-2H3,(H,24,25)/t15-/m1/s1. The lowest BCUT2D eigenvalue weighted by Crippen LogP contribution is -2.34. The van der Waals surface area contributed by atoms with E-state index < -0.39 is 16.0 Å². The number of nitrogens with one attached hydrogen (secondary N) is 1. The van der Waals surface area contributed by atoms with Crippen molar-refractivity contribution in [1.82, 2.24) is 0 Å². The van der Waals surface area contributed by atoms with Crippen molar-refractivity contribution in [2.75, 3.05) is 22.7 Å². The SMILES string of the molecule is CCc1ccc(S(=O)(=O)Nc2ccc(N3CCC[C@@H](C)C3)cc2C(=O)O)cc1. The smallest absolute Gasteiger partial charge is 0.337 e. The second-order valence-electron chi connectivity index (χ2n) is 7.33. The van der Waals surface area contributed by atoms with Gasteiger partial charge in [-0.3, -0.25) is 4.72 Å². The molecule has 3 rings (SSSR count). The van der Waals surface area contributed by atoms with E-state index in [1.54, 1.807) is 24.3 Å². The fraction of sp³-hybridized carbons (Fsp3) is 0.381. The summed E-state index contributed by atoms with van der Waals surface area (Å²) in [6.45, 7) is 5.91.